The van der Waals surface area contributed by atoms with E-state index in [0.29, 0.717) is 23.9 Å². The first-order valence-electron chi connectivity index (χ1n) is 11.2. The van der Waals surface area contributed by atoms with E-state index in [1.165, 1.54) is 31.2 Å². The van der Waals surface area contributed by atoms with Crippen molar-refractivity contribution in [2.75, 3.05) is 13.7 Å². The van der Waals surface area contributed by atoms with Crippen molar-refractivity contribution in [1.82, 2.24) is 0 Å². The Bertz CT molecular complexity index is 713. The predicted octanol–water partition coefficient (Wildman–Crippen LogP) is 4.95. The summed E-state index contributed by atoms with van der Waals surface area (Å²) in [6.45, 7) is 3.29. The number of aliphatic hydroxyl groups is 1. The average molecular weight is 387 g/mol. The van der Waals surface area contributed by atoms with E-state index in [2.05, 4.69) is 19.1 Å². The van der Waals surface area contributed by atoms with Crippen molar-refractivity contribution in [2.45, 2.75) is 82.7 Å². The van der Waals surface area contributed by atoms with Gasteiger partial charge in [-0.1, -0.05) is 13.0 Å². The molecular weight excluding hydrogens is 352 g/mol. The van der Waals surface area contributed by atoms with E-state index < -0.39 is 0 Å². The summed E-state index contributed by atoms with van der Waals surface area (Å²) in [5.41, 5.74) is 2.66. The Hall–Kier alpha value is -1.10. The number of hydrogen-bond acceptors (Lipinski definition) is 4. The highest BCUT2D eigenvalue weighted by atomic mass is 16.7. The van der Waals surface area contributed by atoms with Gasteiger partial charge >= 0.3 is 0 Å². The Kier molecular flexibility index (Phi) is 4.93. The van der Waals surface area contributed by atoms with Crippen molar-refractivity contribution in [3.05, 3.63) is 29.3 Å². The molecule has 1 N–H and O–H groups in total. The Morgan fingerprint density at radius 1 is 1.11 bits per heavy atom. The van der Waals surface area contributed by atoms with Crippen molar-refractivity contribution >= 4 is 0 Å². The van der Waals surface area contributed by atoms with Gasteiger partial charge in [0, 0.05) is 6.61 Å². The van der Waals surface area contributed by atoms with Crippen LogP contribution in [0.25, 0.3) is 0 Å². The molecule has 1 saturated heterocycles. The summed E-state index contributed by atoms with van der Waals surface area (Å²) in [7, 11) is 1.69. The minimum absolute atomic E-state index is 0.00261. The van der Waals surface area contributed by atoms with Crippen LogP contribution in [0.15, 0.2) is 18.2 Å². The van der Waals surface area contributed by atoms with E-state index in [1.54, 1.807) is 7.11 Å². The topological polar surface area (TPSA) is 47.9 Å². The van der Waals surface area contributed by atoms with Crippen LogP contribution in [0.3, 0.4) is 0 Å². The van der Waals surface area contributed by atoms with Crippen LogP contribution >= 0.6 is 0 Å². The number of hydrogen-bond donors (Lipinski definition) is 1. The maximum Gasteiger partial charge on any atom is 0.157 e. The van der Waals surface area contributed by atoms with Gasteiger partial charge < -0.3 is 19.3 Å². The van der Waals surface area contributed by atoms with Crippen LogP contribution in [0.4, 0.5) is 0 Å². The zero-order valence-corrected chi connectivity index (χ0v) is 17.2. The summed E-state index contributed by atoms with van der Waals surface area (Å²) in [5.74, 6) is 2.59. The molecule has 0 aromatic heterocycles. The SMILES string of the molecule is COc1ccc2c(c1)[C@@H](O)C[C@@H]1[C@@H]2CC[C@]2(C)[C@@H](O[C@H]3CCCCO3)CC[C@@H]12. The lowest BCUT2D eigenvalue weighted by Gasteiger charge is -2.51. The second-order valence-corrected chi connectivity index (χ2v) is 9.67. The third kappa shape index (κ3) is 3.00. The molecule has 0 spiro atoms. The predicted molar refractivity (Wildman–Crippen MR) is 107 cm³/mol. The van der Waals surface area contributed by atoms with Crippen LogP contribution in [0.1, 0.15) is 81.4 Å². The van der Waals surface area contributed by atoms with E-state index in [0.717, 1.165) is 43.6 Å². The summed E-state index contributed by atoms with van der Waals surface area (Å²) in [5, 5.41) is 10.9. The Morgan fingerprint density at radius 3 is 2.79 bits per heavy atom. The van der Waals surface area contributed by atoms with E-state index >= 15 is 0 Å². The molecule has 3 aliphatic carbocycles. The summed E-state index contributed by atoms with van der Waals surface area (Å²) in [6.07, 6.45) is 8.96. The molecule has 1 aromatic carbocycles. The summed E-state index contributed by atoms with van der Waals surface area (Å²) in [6, 6.07) is 6.31. The number of rotatable bonds is 3. The van der Waals surface area contributed by atoms with E-state index in [4.69, 9.17) is 14.2 Å². The Balaban J connectivity index is 1.38. The molecular formula is C24H34O4. The molecule has 1 aromatic rings. The molecule has 0 bridgehead atoms. The Labute approximate surface area is 168 Å². The van der Waals surface area contributed by atoms with Crippen molar-refractivity contribution in [2.24, 2.45) is 17.3 Å². The van der Waals surface area contributed by atoms with E-state index in [9.17, 15) is 5.11 Å². The van der Waals surface area contributed by atoms with Gasteiger partial charge in [-0.3, -0.25) is 0 Å². The molecule has 4 aliphatic rings. The highest BCUT2D eigenvalue weighted by Gasteiger charge is 2.56. The minimum Gasteiger partial charge on any atom is -0.497 e. The maximum absolute atomic E-state index is 10.9. The van der Waals surface area contributed by atoms with Crippen molar-refractivity contribution in [1.29, 1.82) is 0 Å². The van der Waals surface area contributed by atoms with Crippen molar-refractivity contribution in [3.8, 4) is 5.75 Å². The van der Waals surface area contributed by atoms with Gasteiger partial charge in [-0.15, -0.1) is 0 Å². The maximum atomic E-state index is 10.9. The minimum atomic E-state index is -0.379. The number of ether oxygens (including phenoxy) is 3. The molecule has 3 fully saturated rings. The second kappa shape index (κ2) is 7.30. The molecule has 7 atom stereocenters. The molecule has 0 amide bonds. The van der Waals surface area contributed by atoms with Crippen LogP contribution in [-0.2, 0) is 9.47 Å². The fourth-order valence-electron chi connectivity index (χ4n) is 6.87. The summed E-state index contributed by atoms with van der Waals surface area (Å²) < 4.78 is 17.8. The lowest BCUT2D eigenvalue weighted by molar-refractivity contribution is -0.213. The van der Waals surface area contributed by atoms with Crippen LogP contribution in [0, 0.1) is 17.3 Å². The Morgan fingerprint density at radius 2 is 2.00 bits per heavy atom. The zero-order chi connectivity index (χ0) is 19.3. The van der Waals surface area contributed by atoms with Gasteiger partial charge in [0.2, 0.25) is 0 Å². The van der Waals surface area contributed by atoms with Crippen LogP contribution in [0.2, 0.25) is 0 Å². The molecule has 5 rings (SSSR count). The molecule has 4 nitrogen and oxygen atoms in total. The molecule has 28 heavy (non-hydrogen) atoms. The highest BCUT2D eigenvalue weighted by Crippen LogP contribution is 2.63. The molecule has 1 aliphatic heterocycles. The quantitative estimate of drug-likeness (QED) is 0.798. The van der Waals surface area contributed by atoms with Crippen LogP contribution < -0.4 is 4.74 Å². The first-order valence-corrected chi connectivity index (χ1v) is 11.2. The molecule has 1 heterocycles. The molecule has 4 heteroatoms. The van der Waals surface area contributed by atoms with Crippen LogP contribution in [0.5, 0.6) is 5.75 Å². The third-order valence-electron chi connectivity index (χ3n) is 8.35. The van der Waals surface area contributed by atoms with Gasteiger partial charge in [0.15, 0.2) is 6.29 Å². The zero-order valence-electron chi connectivity index (χ0n) is 17.2. The van der Waals surface area contributed by atoms with Gasteiger partial charge in [0.05, 0.1) is 19.3 Å². The summed E-state index contributed by atoms with van der Waals surface area (Å²) >= 11 is 0. The second-order valence-electron chi connectivity index (χ2n) is 9.67. The first-order chi connectivity index (χ1) is 13.6. The van der Waals surface area contributed by atoms with Crippen molar-refractivity contribution < 1.29 is 19.3 Å². The van der Waals surface area contributed by atoms with Crippen molar-refractivity contribution in [3.63, 3.8) is 0 Å². The molecule has 154 valence electrons. The van der Waals surface area contributed by atoms with Gasteiger partial charge in [-0.2, -0.15) is 0 Å². The van der Waals surface area contributed by atoms with E-state index in [1.807, 2.05) is 6.07 Å². The normalized spacial score (nSPS) is 42.4. The van der Waals surface area contributed by atoms with Gasteiger partial charge in [-0.05, 0) is 97.8 Å². The van der Waals surface area contributed by atoms with Gasteiger partial charge in [-0.25, -0.2) is 0 Å². The largest absolute Gasteiger partial charge is 0.497 e. The van der Waals surface area contributed by atoms with Gasteiger partial charge in [0.1, 0.15) is 5.75 Å². The fraction of sp³-hybridized carbons (Fsp3) is 0.750. The number of benzene rings is 1. The fourth-order valence-corrected chi connectivity index (χ4v) is 6.87. The number of fused-ring (bicyclic) bond motifs is 5. The number of aliphatic hydroxyl groups excluding tert-OH is 1. The first kappa shape index (κ1) is 18.9. The standard InChI is InChI=1S/C24H34O4/c1-24-11-10-17-16-7-6-15(26-2)13-19(16)21(25)14-18(17)20(24)8-9-22(24)28-23-5-3-4-12-27-23/h6-7,13,17-18,20-23,25H,3-5,8-12,14H2,1-2H3/t17-,18-,20+,21+,22+,23+,24+/m1/s1. The number of methoxy groups -OCH3 is 1. The lowest BCUT2D eigenvalue weighted by atomic mass is 9.55. The van der Waals surface area contributed by atoms with Crippen LogP contribution in [-0.4, -0.2) is 31.2 Å². The summed E-state index contributed by atoms with van der Waals surface area (Å²) in [4.78, 5) is 0. The monoisotopic (exact) mass is 386 g/mol. The highest BCUT2D eigenvalue weighted by molar-refractivity contribution is 5.42. The average Bonchev–Trinajstić information content (AvgIpc) is 3.05. The smallest absolute Gasteiger partial charge is 0.157 e. The molecule has 0 unspecified atom stereocenters. The van der Waals surface area contributed by atoms with E-state index in [-0.39, 0.29) is 17.8 Å². The molecule has 0 radical (unpaired) electrons. The third-order valence-corrected chi connectivity index (χ3v) is 8.35. The lowest BCUT2D eigenvalue weighted by Crippen LogP contribution is -2.46. The molecule has 2 saturated carbocycles. The van der Waals surface area contributed by atoms with Gasteiger partial charge in [0.25, 0.3) is 0 Å².